The summed E-state index contributed by atoms with van der Waals surface area (Å²) in [7, 11) is -0.552. The maximum absolute atomic E-state index is 9.48. The normalized spacial score (nSPS) is 10.6. The van der Waals surface area contributed by atoms with Crippen LogP contribution in [0.4, 0.5) is 0 Å². The van der Waals surface area contributed by atoms with Gasteiger partial charge in [-0.1, -0.05) is 0 Å². The Labute approximate surface area is 150 Å². The molecule has 0 unspecified atom stereocenters. The average Bonchev–Trinajstić information content (AvgIpc) is 3.03. The molecule has 0 spiro atoms. The minimum Gasteiger partial charge on any atom is -0.790 e. The van der Waals surface area contributed by atoms with Crippen LogP contribution in [0.1, 0.15) is 32.4 Å². The molecular formula is C16H31N4O4P. The quantitative estimate of drug-likeness (QED) is 0.562. The fraction of sp³-hybridized carbons (Fsp3) is 0.625. The molecule has 0 aromatic carbocycles. The molecule has 2 rings (SSSR count). The van der Waals surface area contributed by atoms with Gasteiger partial charge in [-0.25, -0.2) is 18.3 Å². The highest BCUT2D eigenvalue weighted by Crippen LogP contribution is 2.23. The van der Waals surface area contributed by atoms with E-state index in [4.69, 9.17) is 0 Å². The lowest BCUT2D eigenvalue weighted by molar-refractivity contribution is -0.677. The molecule has 2 aromatic rings. The summed E-state index contributed by atoms with van der Waals surface area (Å²) in [5, 5.41) is 0. The molecule has 0 N–H and O–H groups in total. The summed E-state index contributed by atoms with van der Waals surface area (Å²) in [4.78, 5) is 19.0. The van der Waals surface area contributed by atoms with E-state index >= 15 is 0 Å². The van der Waals surface area contributed by atoms with E-state index < -0.39 is 7.82 Å². The fourth-order valence-electron chi connectivity index (χ4n) is 2.02. The Morgan fingerprint density at radius 1 is 0.960 bits per heavy atom. The zero-order valence-electron chi connectivity index (χ0n) is 16.3. The van der Waals surface area contributed by atoms with Gasteiger partial charge in [-0.2, -0.15) is 0 Å². The van der Waals surface area contributed by atoms with Gasteiger partial charge in [0.25, 0.3) is 11.6 Å². The van der Waals surface area contributed by atoms with Crippen LogP contribution in [0.3, 0.4) is 0 Å². The Hall–Kier alpha value is -1.47. The molecule has 0 aliphatic carbocycles. The van der Waals surface area contributed by atoms with Gasteiger partial charge in [0, 0.05) is 20.5 Å². The van der Waals surface area contributed by atoms with Crippen LogP contribution in [-0.2, 0) is 36.3 Å². The van der Waals surface area contributed by atoms with Crippen molar-refractivity contribution in [3.8, 4) is 0 Å². The summed E-state index contributed by atoms with van der Waals surface area (Å²) in [5.41, 5.74) is 0. The van der Waals surface area contributed by atoms with Crippen molar-refractivity contribution in [1.29, 1.82) is 0 Å². The zero-order chi connectivity index (χ0) is 19.6. The van der Waals surface area contributed by atoms with E-state index in [0.29, 0.717) is 0 Å². The highest BCUT2D eigenvalue weighted by atomic mass is 31.2. The Kier molecular flexibility index (Phi) is 10.5. The zero-order valence-corrected chi connectivity index (χ0v) is 17.2. The molecule has 0 aliphatic heterocycles. The number of phosphoric acid groups is 1. The highest BCUT2D eigenvalue weighted by Gasteiger charge is 2.04. The smallest absolute Gasteiger partial charge is 0.252 e. The summed E-state index contributed by atoms with van der Waals surface area (Å²) < 4.78 is 21.8. The third-order valence-electron chi connectivity index (χ3n) is 3.76. The molecular weight excluding hydrogens is 343 g/mol. The van der Waals surface area contributed by atoms with Crippen molar-refractivity contribution in [1.82, 2.24) is 9.13 Å². The second-order valence-electron chi connectivity index (χ2n) is 5.35. The summed E-state index contributed by atoms with van der Waals surface area (Å²) in [6.45, 7) is 12.0. The first-order valence-electron chi connectivity index (χ1n) is 8.26. The Morgan fingerprint density at radius 2 is 1.32 bits per heavy atom. The number of phosphoric ester groups is 1. The maximum Gasteiger partial charge on any atom is 0.252 e. The Morgan fingerprint density at radius 3 is 1.40 bits per heavy atom. The monoisotopic (exact) mass is 374 g/mol. The molecule has 0 fully saturated rings. The first kappa shape index (κ1) is 23.5. The lowest BCUT2D eigenvalue weighted by Gasteiger charge is -2.27. The van der Waals surface area contributed by atoms with E-state index in [1.54, 1.807) is 0 Å². The van der Waals surface area contributed by atoms with Crippen LogP contribution in [0.5, 0.6) is 0 Å². The van der Waals surface area contributed by atoms with Crippen molar-refractivity contribution in [3.05, 3.63) is 36.4 Å². The van der Waals surface area contributed by atoms with Gasteiger partial charge in [0.2, 0.25) is 0 Å². The number of aryl methyl sites for hydroxylation is 4. The van der Waals surface area contributed by atoms with Gasteiger partial charge < -0.3 is 18.9 Å². The summed E-state index contributed by atoms with van der Waals surface area (Å²) in [6.07, 6.45) is 8.32. The summed E-state index contributed by atoms with van der Waals surface area (Å²) >= 11 is 0. The molecule has 144 valence electrons. The molecule has 2 heterocycles. The van der Waals surface area contributed by atoms with E-state index in [-0.39, 0.29) is 6.61 Å². The third kappa shape index (κ3) is 8.97. The van der Waals surface area contributed by atoms with E-state index in [9.17, 15) is 14.4 Å². The van der Waals surface area contributed by atoms with Crippen molar-refractivity contribution in [2.24, 2.45) is 14.1 Å². The van der Waals surface area contributed by atoms with Gasteiger partial charge in [-0.3, -0.25) is 0 Å². The largest absolute Gasteiger partial charge is 0.790 e. The van der Waals surface area contributed by atoms with Gasteiger partial charge in [-0.15, -0.1) is 0 Å². The molecule has 9 heteroatoms. The lowest BCUT2D eigenvalue weighted by atomic mass is 10.6. The van der Waals surface area contributed by atoms with Crippen molar-refractivity contribution < 1.29 is 28.0 Å². The molecule has 0 saturated heterocycles. The van der Waals surface area contributed by atoms with Crippen LogP contribution in [0.2, 0.25) is 0 Å². The molecule has 2 aromatic heterocycles. The number of imidazole rings is 2. The number of rotatable bonds is 4. The van der Waals surface area contributed by atoms with Crippen molar-refractivity contribution in [2.75, 3.05) is 6.61 Å². The number of hydrogen-bond acceptors (Lipinski definition) is 4. The van der Waals surface area contributed by atoms with Crippen molar-refractivity contribution in [2.45, 2.75) is 47.7 Å². The molecule has 0 amide bonds. The second-order valence-corrected chi connectivity index (χ2v) is 6.50. The number of aromatic nitrogens is 4. The average molecular weight is 374 g/mol. The van der Waals surface area contributed by atoms with Gasteiger partial charge in [0.15, 0.2) is 0 Å². The number of hydrogen-bond donors (Lipinski definition) is 0. The molecule has 0 atom stereocenters. The predicted octanol–water partition coefficient (Wildman–Crippen LogP) is 0.133. The standard InChI is InChI=1S/2C7H13N2.C2H7O4P/c2*1-4-9-6-5-8(3)7(9)2;1-2-6-7(3,4)5/h2*5-6H,4H2,1-3H3;2H2,1H3,(H2,3,4,5)/q2*+1;/p-2. The Balaban J connectivity index is 0.000000350. The SMILES string of the molecule is CCOP(=O)([O-])[O-].CCn1cc[n+](C)c1C.CCn1cc[n+](C)c1C. The van der Waals surface area contributed by atoms with Gasteiger partial charge in [0.05, 0.1) is 35.0 Å². The highest BCUT2D eigenvalue weighted by molar-refractivity contribution is 7.43. The molecule has 0 aliphatic rings. The third-order valence-corrected chi connectivity index (χ3v) is 4.34. The van der Waals surface area contributed by atoms with Gasteiger partial charge in [-0.05, 0) is 20.8 Å². The molecule has 0 saturated carbocycles. The fourth-order valence-corrected chi connectivity index (χ4v) is 2.34. The maximum atomic E-state index is 9.48. The van der Waals surface area contributed by atoms with E-state index in [1.165, 1.54) is 18.6 Å². The van der Waals surface area contributed by atoms with Crippen molar-refractivity contribution >= 4 is 7.82 Å². The van der Waals surface area contributed by atoms with E-state index in [2.05, 4.69) is 89.4 Å². The van der Waals surface area contributed by atoms with Crippen LogP contribution in [0, 0.1) is 13.8 Å². The van der Waals surface area contributed by atoms with Gasteiger partial charge in [0.1, 0.15) is 24.8 Å². The topological polar surface area (TPSA) is 90.0 Å². The molecule has 8 nitrogen and oxygen atoms in total. The van der Waals surface area contributed by atoms with Crippen LogP contribution >= 0.6 is 7.82 Å². The summed E-state index contributed by atoms with van der Waals surface area (Å²) in [6, 6.07) is 0. The van der Waals surface area contributed by atoms with Gasteiger partial charge >= 0.3 is 0 Å². The predicted molar refractivity (Wildman–Crippen MR) is 91.3 cm³/mol. The molecule has 0 bridgehead atoms. The lowest BCUT2D eigenvalue weighted by Crippen LogP contribution is -2.29. The van der Waals surface area contributed by atoms with Crippen LogP contribution in [0.25, 0.3) is 0 Å². The number of nitrogens with zero attached hydrogens (tertiary/aromatic N) is 4. The van der Waals surface area contributed by atoms with Crippen LogP contribution in [-0.4, -0.2) is 15.7 Å². The van der Waals surface area contributed by atoms with Crippen LogP contribution < -0.4 is 18.9 Å². The van der Waals surface area contributed by atoms with Crippen molar-refractivity contribution in [3.63, 3.8) is 0 Å². The second kappa shape index (κ2) is 11.2. The minimum atomic E-state index is -4.67. The van der Waals surface area contributed by atoms with E-state index in [1.807, 2.05) is 0 Å². The Bertz CT molecular complexity index is 629. The van der Waals surface area contributed by atoms with E-state index in [0.717, 1.165) is 13.1 Å². The summed E-state index contributed by atoms with van der Waals surface area (Å²) in [5.74, 6) is 2.61. The minimum absolute atomic E-state index is 0.0791. The van der Waals surface area contributed by atoms with Crippen LogP contribution in [0.15, 0.2) is 24.8 Å². The molecule has 25 heavy (non-hydrogen) atoms. The first-order chi connectivity index (χ1) is 11.6. The first-order valence-corrected chi connectivity index (χ1v) is 9.72. The molecule has 0 radical (unpaired) electrons.